The molecule has 3 fully saturated rings. The number of ether oxygens (including phenoxy) is 1. The lowest BCUT2D eigenvalue weighted by atomic mass is 9.83. The number of likely N-dealkylation sites (tertiary alicyclic amines) is 1. The maximum absolute atomic E-state index is 12.9. The molecular weight excluding hydrogens is 418 g/mol. The molecule has 0 bridgehead atoms. The molecule has 2 saturated heterocycles. The predicted octanol–water partition coefficient (Wildman–Crippen LogP) is 2.43. The highest BCUT2D eigenvalue weighted by atomic mass is 32.2. The van der Waals surface area contributed by atoms with Gasteiger partial charge in [0.15, 0.2) is 15.7 Å². The van der Waals surface area contributed by atoms with Crippen LogP contribution in [0.1, 0.15) is 61.2 Å². The second-order valence-corrected chi connectivity index (χ2v) is 11.4. The van der Waals surface area contributed by atoms with Gasteiger partial charge in [-0.1, -0.05) is 48.3 Å². The topological polar surface area (TPSA) is 103 Å². The first-order valence-electron chi connectivity index (χ1n) is 10.9. The molecule has 0 N–H and O–H groups in total. The van der Waals surface area contributed by atoms with E-state index in [2.05, 4.69) is 10.1 Å². The van der Waals surface area contributed by atoms with Gasteiger partial charge in [-0.2, -0.15) is 4.98 Å². The van der Waals surface area contributed by atoms with Crippen LogP contribution in [0.25, 0.3) is 0 Å². The first-order chi connectivity index (χ1) is 15.0. The van der Waals surface area contributed by atoms with Crippen molar-refractivity contribution >= 4 is 15.7 Å². The molecule has 3 heterocycles. The monoisotopic (exact) mass is 445 g/mol. The molecule has 9 heteroatoms. The molecule has 2 aromatic rings. The largest absolute Gasteiger partial charge is 0.367 e. The van der Waals surface area contributed by atoms with Gasteiger partial charge in [0.25, 0.3) is 0 Å². The van der Waals surface area contributed by atoms with Crippen LogP contribution < -0.4 is 0 Å². The number of aromatic nitrogens is 2. The normalized spacial score (nSPS) is 24.5. The van der Waals surface area contributed by atoms with Crippen molar-refractivity contribution in [2.75, 3.05) is 25.4 Å². The van der Waals surface area contributed by atoms with Crippen molar-refractivity contribution in [1.29, 1.82) is 0 Å². The summed E-state index contributed by atoms with van der Waals surface area (Å²) >= 11 is 0. The van der Waals surface area contributed by atoms with Crippen LogP contribution >= 0.6 is 0 Å². The number of sulfone groups is 1. The summed E-state index contributed by atoms with van der Waals surface area (Å²) in [4.78, 5) is 18.7. The Balaban J connectivity index is 1.23. The molecule has 166 valence electrons. The number of carbonyl (C=O) groups is 1. The molecule has 1 aromatic heterocycles. The van der Waals surface area contributed by atoms with E-state index >= 15 is 0 Å². The van der Waals surface area contributed by atoms with Crippen LogP contribution in [0.5, 0.6) is 0 Å². The van der Waals surface area contributed by atoms with E-state index in [1.54, 1.807) is 4.90 Å². The Morgan fingerprint density at radius 1 is 1.16 bits per heavy atom. The van der Waals surface area contributed by atoms with Crippen LogP contribution in [0.3, 0.4) is 0 Å². The summed E-state index contributed by atoms with van der Waals surface area (Å²) in [5, 5.41) is 4.16. The van der Waals surface area contributed by atoms with E-state index in [1.165, 1.54) is 12.8 Å². The number of carbonyl (C=O) groups excluding carboxylic acids is 1. The van der Waals surface area contributed by atoms with Gasteiger partial charge < -0.3 is 14.2 Å². The highest BCUT2D eigenvalue weighted by molar-refractivity contribution is 7.93. The highest BCUT2D eigenvalue weighted by Gasteiger charge is 2.64. The summed E-state index contributed by atoms with van der Waals surface area (Å²) in [6, 6.07) is 9.62. The Morgan fingerprint density at radius 2 is 1.90 bits per heavy atom. The van der Waals surface area contributed by atoms with E-state index < -0.39 is 14.6 Å². The van der Waals surface area contributed by atoms with Crippen molar-refractivity contribution in [2.45, 2.75) is 55.3 Å². The minimum absolute atomic E-state index is 0.0674. The second kappa shape index (κ2) is 8.02. The molecule has 0 radical (unpaired) electrons. The van der Waals surface area contributed by atoms with E-state index in [4.69, 9.17) is 9.26 Å². The van der Waals surface area contributed by atoms with E-state index in [1.807, 2.05) is 30.3 Å². The van der Waals surface area contributed by atoms with Gasteiger partial charge in [-0.05, 0) is 24.8 Å². The lowest BCUT2D eigenvalue weighted by molar-refractivity contribution is -0.142. The Labute approximate surface area is 181 Å². The van der Waals surface area contributed by atoms with Crippen LogP contribution in [0.2, 0.25) is 0 Å². The molecule has 1 amide bonds. The molecule has 5 rings (SSSR count). The van der Waals surface area contributed by atoms with Gasteiger partial charge in [0, 0.05) is 19.0 Å². The lowest BCUT2D eigenvalue weighted by Crippen LogP contribution is -2.68. The Hall–Kier alpha value is -2.26. The quantitative estimate of drug-likeness (QED) is 0.673. The molecule has 31 heavy (non-hydrogen) atoms. The first-order valence-corrected chi connectivity index (χ1v) is 12.6. The first kappa shape index (κ1) is 20.6. The van der Waals surface area contributed by atoms with Crippen molar-refractivity contribution in [3.63, 3.8) is 0 Å². The van der Waals surface area contributed by atoms with Crippen molar-refractivity contribution in [2.24, 2.45) is 0 Å². The zero-order valence-corrected chi connectivity index (χ0v) is 18.2. The van der Waals surface area contributed by atoms with Crippen molar-refractivity contribution < 1.29 is 22.5 Å². The molecule has 2 aliphatic heterocycles. The maximum atomic E-state index is 12.9. The SMILES string of the molecule is O=C(COCc1ccccc1)N1CC2(C1)C(c1nc(C3CCCC3)no1)CCS2(=O)=O. The minimum atomic E-state index is -3.35. The van der Waals surface area contributed by atoms with E-state index in [0.29, 0.717) is 30.7 Å². The van der Waals surface area contributed by atoms with Gasteiger partial charge in [0.2, 0.25) is 11.8 Å². The zero-order valence-electron chi connectivity index (χ0n) is 17.4. The Bertz CT molecular complexity index is 1040. The molecule has 1 saturated carbocycles. The molecule has 1 aromatic carbocycles. The Kier molecular flexibility index (Phi) is 5.34. The summed E-state index contributed by atoms with van der Waals surface area (Å²) in [6.07, 6.45) is 4.90. The molecule has 1 unspecified atom stereocenters. The third kappa shape index (κ3) is 3.67. The number of benzene rings is 1. The lowest BCUT2D eigenvalue weighted by Gasteiger charge is -2.48. The van der Waals surface area contributed by atoms with Crippen LogP contribution in [-0.4, -0.2) is 59.6 Å². The Morgan fingerprint density at radius 3 is 2.65 bits per heavy atom. The summed E-state index contributed by atoms with van der Waals surface area (Å²) < 4.78 is 35.9. The average Bonchev–Trinajstić information content (AvgIpc) is 3.45. The van der Waals surface area contributed by atoms with E-state index in [-0.39, 0.29) is 37.3 Å². The molecular formula is C22H27N3O5S. The van der Waals surface area contributed by atoms with Crippen LogP contribution in [0.4, 0.5) is 0 Å². The number of hydrogen-bond donors (Lipinski definition) is 0. The van der Waals surface area contributed by atoms with Crippen molar-refractivity contribution in [3.8, 4) is 0 Å². The molecule has 1 spiro atoms. The molecule has 1 aliphatic carbocycles. The standard InChI is InChI=1S/C22H27N3O5S/c26-19(13-29-12-16-6-2-1-3-7-16)25-14-22(15-25)18(10-11-31(22,27)28)21-23-20(24-30-21)17-8-4-5-9-17/h1-3,6-7,17-18H,4-5,8-15H2. The number of rotatable bonds is 6. The predicted molar refractivity (Wildman–Crippen MR) is 112 cm³/mol. The highest BCUT2D eigenvalue weighted by Crippen LogP contribution is 2.49. The van der Waals surface area contributed by atoms with Gasteiger partial charge in [0.05, 0.1) is 18.3 Å². The third-order valence-corrected chi connectivity index (χ3v) is 9.57. The number of amides is 1. The molecule has 8 nitrogen and oxygen atoms in total. The second-order valence-electron chi connectivity index (χ2n) is 8.93. The fourth-order valence-electron chi connectivity index (χ4n) is 5.16. The van der Waals surface area contributed by atoms with Gasteiger partial charge in [-0.3, -0.25) is 4.79 Å². The van der Waals surface area contributed by atoms with Gasteiger partial charge in [-0.25, -0.2) is 8.42 Å². The fraction of sp³-hybridized carbons (Fsp3) is 0.591. The number of nitrogens with zero attached hydrogens (tertiary/aromatic N) is 3. The summed E-state index contributed by atoms with van der Waals surface area (Å²) in [7, 11) is -3.35. The minimum Gasteiger partial charge on any atom is -0.367 e. The van der Waals surface area contributed by atoms with Crippen LogP contribution in [0.15, 0.2) is 34.9 Å². The summed E-state index contributed by atoms with van der Waals surface area (Å²) in [6.45, 7) is 0.601. The zero-order chi connectivity index (χ0) is 21.5. The van der Waals surface area contributed by atoms with Gasteiger partial charge in [0.1, 0.15) is 11.4 Å². The van der Waals surface area contributed by atoms with E-state index in [9.17, 15) is 13.2 Å². The summed E-state index contributed by atoms with van der Waals surface area (Å²) in [5.41, 5.74) is 0.989. The van der Waals surface area contributed by atoms with Gasteiger partial charge in [-0.15, -0.1) is 0 Å². The molecule has 3 aliphatic rings. The van der Waals surface area contributed by atoms with Gasteiger partial charge >= 0.3 is 0 Å². The van der Waals surface area contributed by atoms with Crippen LogP contribution in [-0.2, 0) is 26.0 Å². The van der Waals surface area contributed by atoms with Crippen LogP contribution in [0, 0.1) is 0 Å². The smallest absolute Gasteiger partial charge is 0.248 e. The van der Waals surface area contributed by atoms with E-state index in [0.717, 1.165) is 18.4 Å². The maximum Gasteiger partial charge on any atom is 0.248 e. The number of hydrogen-bond acceptors (Lipinski definition) is 7. The van der Waals surface area contributed by atoms with Crippen molar-refractivity contribution in [1.82, 2.24) is 15.0 Å². The van der Waals surface area contributed by atoms with Crippen molar-refractivity contribution in [3.05, 3.63) is 47.6 Å². The molecule has 1 atom stereocenters. The average molecular weight is 446 g/mol. The third-order valence-electron chi connectivity index (χ3n) is 7.01. The summed E-state index contributed by atoms with van der Waals surface area (Å²) in [5.74, 6) is 0.969. The fourth-order valence-corrected chi connectivity index (χ4v) is 7.47.